The van der Waals surface area contributed by atoms with Crippen molar-refractivity contribution in [2.75, 3.05) is 12.3 Å². The molecule has 1 nitrogen and oxygen atoms in total. The Hall–Kier alpha value is -0.760. The minimum Gasteiger partial charge on any atom is -0.282 e. The summed E-state index contributed by atoms with van der Waals surface area (Å²) in [4.78, 5) is 4.55. The van der Waals surface area contributed by atoms with Crippen molar-refractivity contribution in [3.8, 4) is 0 Å². The number of benzene rings is 1. The molecule has 1 heterocycles. The summed E-state index contributed by atoms with van der Waals surface area (Å²) < 4.78 is 0. The maximum Gasteiger partial charge on any atom is 0.0714 e. The zero-order chi connectivity index (χ0) is 9.38. The van der Waals surface area contributed by atoms with Crippen LogP contribution < -0.4 is 0 Å². The van der Waals surface area contributed by atoms with Crippen LogP contribution in [-0.2, 0) is 0 Å². The fourth-order valence-corrected chi connectivity index (χ4v) is 3.16. The van der Waals surface area contributed by atoms with Gasteiger partial charge in [0.25, 0.3) is 0 Å². The van der Waals surface area contributed by atoms with Crippen molar-refractivity contribution in [1.82, 2.24) is 0 Å². The summed E-state index contributed by atoms with van der Waals surface area (Å²) in [7, 11) is 0. The lowest BCUT2D eigenvalue weighted by Crippen LogP contribution is -1.93. The SMILES string of the molecule is c1ccc([C@H]2C[C@@H]2C2=NCCS2)cc1. The monoisotopic (exact) mass is 203 g/mol. The van der Waals surface area contributed by atoms with E-state index in [1.165, 1.54) is 22.8 Å². The smallest absolute Gasteiger partial charge is 0.0714 e. The second-order valence-electron chi connectivity index (χ2n) is 3.93. The number of thioether (sulfide) groups is 1. The van der Waals surface area contributed by atoms with Gasteiger partial charge < -0.3 is 0 Å². The molecule has 3 rings (SSSR count). The molecular formula is C12H13NS. The summed E-state index contributed by atoms with van der Waals surface area (Å²) in [5.41, 5.74) is 1.49. The third kappa shape index (κ3) is 1.48. The van der Waals surface area contributed by atoms with Crippen LogP contribution in [0.3, 0.4) is 0 Å². The van der Waals surface area contributed by atoms with E-state index in [1.807, 2.05) is 11.8 Å². The van der Waals surface area contributed by atoms with Crippen LogP contribution in [0, 0.1) is 5.92 Å². The molecule has 2 heteroatoms. The van der Waals surface area contributed by atoms with Gasteiger partial charge in [-0.3, -0.25) is 4.99 Å². The number of hydrogen-bond acceptors (Lipinski definition) is 2. The Balaban J connectivity index is 1.74. The van der Waals surface area contributed by atoms with Gasteiger partial charge in [-0.05, 0) is 17.9 Å². The van der Waals surface area contributed by atoms with E-state index in [-0.39, 0.29) is 0 Å². The van der Waals surface area contributed by atoms with E-state index in [4.69, 9.17) is 0 Å². The van der Waals surface area contributed by atoms with Gasteiger partial charge in [-0.25, -0.2) is 0 Å². The Bertz CT molecular complexity index is 358. The van der Waals surface area contributed by atoms with Crippen LogP contribution in [0.15, 0.2) is 35.3 Å². The molecule has 1 aliphatic heterocycles. The van der Waals surface area contributed by atoms with Crippen molar-refractivity contribution >= 4 is 16.8 Å². The van der Waals surface area contributed by atoms with Crippen LogP contribution in [-0.4, -0.2) is 17.3 Å². The molecule has 14 heavy (non-hydrogen) atoms. The summed E-state index contributed by atoms with van der Waals surface area (Å²) in [6, 6.07) is 10.8. The Kier molecular flexibility index (Phi) is 2.09. The number of nitrogens with zero attached hydrogens (tertiary/aromatic N) is 1. The van der Waals surface area contributed by atoms with E-state index >= 15 is 0 Å². The zero-order valence-corrected chi connectivity index (χ0v) is 8.83. The summed E-state index contributed by atoms with van der Waals surface area (Å²) in [6.45, 7) is 1.04. The fraction of sp³-hybridized carbons (Fsp3) is 0.417. The van der Waals surface area contributed by atoms with Crippen molar-refractivity contribution in [3.63, 3.8) is 0 Å². The van der Waals surface area contributed by atoms with Crippen LogP contribution in [0.25, 0.3) is 0 Å². The van der Waals surface area contributed by atoms with Gasteiger partial charge in [-0.2, -0.15) is 0 Å². The molecule has 0 spiro atoms. The molecule has 0 unspecified atom stereocenters. The maximum atomic E-state index is 4.55. The third-order valence-electron chi connectivity index (χ3n) is 2.94. The second-order valence-corrected chi connectivity index (χ2v) is 5.04. The lowest BCUT2D eigenvalue weighted by molar-refractivity contribution is 1.05. The van der Waals surface area contributed by atoms with Gasteiger partial charge in [0.15, 0.2) is 0 Å². The van der Waals surface area contributed by atoms with Crippen LogP contribution in [0.4, 0.5) is 0 Å². The minimum atomic E-state index is 0.755. The first-order chi connectivity index (χ1) is 6.95. The number of hydrogen-bond donors (Lipinski definition) is 0. The van der Waals surface area contributed by atoms with Crippen LogP contribution >= 0.6 is 11.8 Å². The molecule has 0 amide bonds. The van der Waals surface area contributed by atoms with Crippen LogP contribution in [0.1, 0.15) is 17.9 Å². The van der Waals surface area contributed by atoms with E-state index in [2.05, 4.69) is 35.3 Å². The molecule has 2 aliphatic rings. The van der Waals surface area contributed by atoms with Crippen molar-refractivity contribution in [1.29, 1.82) is 0 Å². The van der Waals surface area contributed by atoms with Gasteiger partial charge in [-0.15, -0.1) is 11.8 Å². The van der Waals surface area contributed by atoms with E-state index < -0.39 is 0 Å². The Morgan fingerprint density at radius 1 is 1.14 bits per heavy atom. The summed E-state index contributed by atoms with van der Waals surface area (Å²) >= 11 is 1.96. The van der Waals surface area contributed by atoms with Crippen molar-refractivity contribution < 1.29 is 0 Å². The molecule has 0 aromatic heterocycles. The van der Waals surface area contributed by atoms with Crippen LogP contribution in [0.2, 0.25) is 0 Å². The van der Waals surface area contributed by atoms with Crippen molar-refractivity contribution in [2.45, 2.75) is 12.3 Å². The molecule has 0 saturated heterocycles. The van der Waals surface area contributed by atoms with Crippen LogP contribution in [0.5, 0.6) is 0 Å². The quantitative estimate of drug-likeness (QED) is 0.720. The first kappa shape index (κ1) is 8.54. The minimum absolute atomic E-state index is 0.755. The Labute approximate surface area is 88.6 Å². The van der Waals surface area contributed by atoms with Gasteiger partial charge in [0.1, 0.15) is 0 Å². The number of aliphatic imine (C=N–C) groups is 1. The molecule has 0 N–H and O–H groups in total. The highest BCUT2D eigenvalue weighted by atomic mass is 32.2. The van der Waals surface area contributed by atoms with Crippen molar-refractivity contribution in [2.24, 2.45) is 10.9 Å². The molecule has 0 radical (unpaired) electrons. The molecule has 2 atom stereocenters. The molecule has 0 bridgehead atoms. The number of rotatable bonds is 2. The lowest BCUT2D eigenvalue weighted by atomic mass is 10.1. The van der Waals surface area contributed by atoms with Gasteiger partial charge in [0.05, 0.1) is 5.04 Å². The summed E-state index contributed by atoms with van der Waals surface area (Å²) in [5, 5.41) is 1.42. The average Bonchev–Trinajstić information content (AvgIpc) is 2.87. The van der Waals surface area contributed by atoms with Gasteiger partial charge >= 0.3 is 0 Å². The van der Waals surface area contributed by atoms with Gasteiger partial charge in [0.2, 0.25) is 0 Å². The maximum absolute atomic E-state index is 4.55. The molecule has 1 fully saturated rings. The Morgan fingerprint density at radius 2 is 2.00 bits per heavy atom. The van der Waals surface area contributed by atoms with E-state index in [9.17, 15) is 0 Å². The molecular weight excluding hydrogens is 190 g/mol. The summed E-state index contributed by atoms with van der Waals surface area (Å²) in [5.74, 6) is 2.72. The normalized spacial score (nSPS) is 30.1. The van der Waals surface area contributed by atoms with Gasteiger partial charge in [0, 0.05) is 18.2 Å². The van der Waals surface area contributed by atoms with E-state index in [0.29, 0.717) is 0 Å². The molecule has 72 valence electrons. The lowest BCUT2D eigenvalue weighted by Gasteiger charge is -1.99. The molecule has 1 aliphatic carbocycles. The fourth-order valence-electron chi connectivity index (χ4n) is 2.11. The predicted molar refractivity (Wildman–Crippen MR) is 62.1 cm³/mol. The first-order valence-corrected chi connectivity index (χ1v) is 6.16. The second kappa shape index (κ2) is 3.43. The molecule has 1 saturated carbocycles. The van der Waals surface area contributed by atoms with E-state index in [1.54, 1.807) is 0 Å². The highest BCUT2D eigenvalue weighted by Crippen LogP contribution is 2.50. The van der Waals surface area contributed by atoms with Crippen molar-refractivity contribution in [3.05, 3.63) is 35.9 Å². The highest BCUT2D eigenvalue weighted by Gasteiger charge is 2.42. The Morgan fingerprint density at radius 3 is 2.71 bits per heavy atom. The predicted octanol–water partition coefficient (Wildman–Crippen LogP) is 2.94. The molecule has 1 aromatic carbocycles. The zero-order valence-electron chi connectivity index (χ0n) is 8.02. The largest absolute Gasteiger partial charge is 0.282 e. The van der Waals surface area contributed by atoms with Gasteiger partial charge in [-0.1, -0.05) is 30.3 Å². The first-order valence-electron chi connectivity index (χ1n) is 5.17. The highest BCUT2D eigenvalue weighted by molar-refractivity contribution is 8.14. The topological polar surface area (TPSA) is 12.4 Å². The van der Waals surface area contributed by atoms with E-state index in [0.717, 1.165) is 18.4 Å². The molecule has 1 aromatic rings. The standard InChI is InChI=1S/C12H13NS/c1-2-4-9(5-3-1)10-8-11(10)12-13-6-7-14-12/h1-5,10-11H,6-8H2/t10-,11+/m1/s1. The summed E-state index contributed by atoms with van der Waals surface area (Å²) in [6.07, 6.45) is 1.32. The average molecular weight is 203 g/mol. The third-order valence-corrected chi connectivity index (χ3v) is 4.06.